The third-order valence-electron chi connectivity index (χ3n) is 2.54. The number of benzene rings is 1. The molecule has 0 saturated carbocycles. The summed E-state index contributed by atoms with van der Waals surface area (Å²) < 4.78 is 5.30. The summed E-state index contributed by atoms with van der Waals surface area (Å²) in [5.74, 6) is 3.92. The molecule has 1 unspecified atom stereocenters. The van der Waals surface area contributed by atoms with Gasteiger partial charge in [0.15, 0.2) is 0 Å². The SMILES string of the molecule is C#CCOc1ccc(CNCC(C)(O)CSC)cc1. The van der Waals surface area contributed by atoms with Crippen LogP contribution in [0.2, 0.25) is 0 Å². The van der Waals surface area contributed by atoms with Crippen LogP contribution < -0.4 is 10.1 Å². The lowest BCUT2D eigenvalue weighted by Crippen LogP contribution is -2.39. The van der Waals surface area contributed by atoms with E-state index in [9.17, 15) is 5.11 Å². The van der Waals surface area contributed by atoms with E-state index in [4.69, 9.17) is 11.2 Å². The van der Waals surface area contributed by atoms with Crippen LogP contribution in [-0.4, -0.2) is 35.9 Å². The van der Waals surface area contributed by atoms with E-state index >= 15 is 0 Å². The highest BCUT2D eigenvalue weighted by molar-refractivity contribution is 7.98. The number of rotatable bonds is 8. The van der Waals surface area contributed by atoms with Crippen LogP contribution in [0.4, 0.5) is 0 Å². The fourth-order valence-electron chi connectivity index (χ4n) is 1.67. The van der Waals surface area contributed by atoms with Crippen LogP contribution in [0.5, 0.6) is 5.75 Å². The minimum absolute atomic E-state index is 0.287. The van der Waals surface area contributed by atoms with Gasteiger partial charge in [0.2, 0.25) is 0 Å². The molecule has 0 amide bonds. The van der Waals surface area contributed by atoms with Crippen LogP contribution in [0, 0.1) is 12.3 Å². The standard InChI is InChI=1S/C15H21NO2S/c1-4-9-18-14-7-5-13(6-8-14)10-16-11-15(2,17)12-19-3/h1,5-8,16-17H,9-12H2,2-3H3. The van der Waals surface area contributed by atoms with E-state index < -0.39 is 5.60 Å². The van der Waals surface area contributed by atoms with Crippen molar-refractivity contribution in [2.75, 3.05) is 25.2 Å². The lowest BCUT2D eigenvalue weighted by atomic mass is 10.1. The number of hydrogen-bond acceptors (Lipinski definition) is 4. The maximum atomic E-state index is 10.0. The molecule has 0 heterocycles. The summed E-state index contributed by atoms with van der Waals surface area (Å²) >= 11 is 1.64. The van der Waals surface area contributed by atoms with Crippen molar-refractivity contribution in [1.82, 2.24) is 5.32 Å². The fourth-order valence-corrected chi connectivity index (χ4v) is 2.39. The predicted molar refractivity (Wildman–Crippen MR) is 81.5 cm³/mol. The van der Waals surface area contributed by atoms with Gasteiger partial charge in [-0.1, -0.05) is 18.1 Å². The van der Waals surface area contributed by atoms with E-state index in [1.165, 1.54) is 0 Å². The van der Waals surface area contributed by atoms with Gasteiger partial charge in [-0.25, -0.2) is 0 Å². The first-order chi connectivity index (χ1) is 9.07. The van der Waals surface area contributed by atoms with Gasteiger partial charge in [-0.2, -0.15) is 11.8 Å². The molecular formula is C15H21NO2S. The zero-order valence-electron chi connectivity index (χ0n) is 11.5. The molecular weight excluding hydrogens is 258 g/mol. The maximum Gasteiger partial charge on any atom is 0.148 e. The Balaban J connectivity index is 2.36. The summed E-state index contributed by atoms with van der Waals surface area (Å²) in [6.07, 6.45) is 7.12. The first-order valence-corrected chi connectivity index (χ1v) is 7.54. The van der Waals surface area contributed by atoms with Crippen molar-refractivity contribution >= 4 is 11.8 Å². The van der Waals surface area contributed by atoms with Crippen molar-refractivity contribution in [3.8, 4) is 18.1 Å². The van der Waals surface area contributed by atoms with Gasteiger partial charge in [0.25, 0.3) is 0 Å². The molecule has 0 bridgehead atoms. The highest BCUT2D eigenvalue weighted by atomic mass is 32.2. The molecule has 0 aliphatic rings. The highest BCUT2D eigenvalue weighted by Gasteiger charge is 2.18. The molecule has 2 N–H and O–H groups in total. The molecule has 0 saturated heterocycles. The number of hydrogen-bond donors (Lipinski definition) is 2. The van der Waals surface area contributed by atoms with E-state index in [0.717, 1.165) is 23.6 Å². The van der Waals surface area contributed by atoms with Gasteiger partial charge in [0.1, 0.15) is 12.4 Å². The van der Waals surface area contributed by atoms with Crippen molar-refractivity contribution < 1.29 is 9.84 Å². The van der Waals surface area contributed by atoms with Crippen LogP contribution in [-0.2, 0) is 6.54 Å². The van der Waals surface area contributed by atoms with Crippen LogP contribution >= 0.6 is 11.8 Å². The van der Waals surface area contributed by atoms with Crippen LogP contribution in [0.3, 0.4) is 0 Å². The molecule has 0 aromatic heterocycles. The number of nitrogens with one attached hydrogen (secondary N) is 1. The molecule has 104 valence electrons. The Morgan fingerprint density at radius 3 is 2.68 bits per heavy atom. The molecule has 19 heavy (non-hydrogen) atoms. The van der Waals surface area contributed by atoms with Crippen LogP contribution in [0.15, 0.2) is 24.3 Å². The van der Waals surface area contributed by atoms with Crippen LogP contribution in [0.25, 0.3) is 0 Å². The summed E-state index contributed by atoms with van der Waals surface area (Å²) in [5, 5.41) is 13.3. The smallest absolute Gasteiger partial charge is 0.148 e. The highest BCUT2D eigenvalue weighted by Crippen LogP contribution is 2.13. The van der Waals surface area contributed by atoms with Gasteiger partial charge in [0, 0.05) is 18.8 Å². The third-order valence-corrected chi connectivity index (χ3v) is 3.45. The van der Waals surface area contributed by atoms with Gasteiger partial charge >= 0.3 is 0 Å². The Bertz CT molecular complexity index is 409. The predicted octanol–water partition coefficient (Wildman–Crippen LogP) is 1.90. The quantitative estimate of drug-likeness (QED) is 0.713. The van der Waals surface area contributed by atoms with Crippen molar-refractivity contribution in [2.45, 2.75) is 19.1 Å². The number of aliphatic hydroxyl groups is 1. The average molecular weight is 279 g/mol. The van der Waals surface area contributed by atoms with Gasteiger partial charge in [-0.3, -0.25) is 0 Å². The van der Waals surface area contributed by atoms with E-state index in [0.29, 0.717) is 6.54 Å². The molecule has 0 spiro atoms. The minimum Gasteiger partial charge on any atom is -0.481 e. The minimum atomic E-state index is -0.671. The van der Waals surface area contributed by atoms with E-state index in [2.05, 4.69) is 11.2 Å². The second-order valence-electron chi connectivity index (χ2n) is 4.67. The number of terminal acetylenes is 1. The Labute approximate surface area is 119 Å². The zero-order chi connectivity index (χ0) is 14.1. The van der Waals surface area contributed by atoms with Gasteiger partial charge in [0.05, 0.1) is 5.60 Å². The van der Waals surface area contributed by atoms with E-state index in [1.54, 1.807) is 11.8 Å². The molecule has 4 heteroatoms. The molecule has 1 aromatic rings. The van der Waals surface area contributed by atoms with Gasteiger partial charge in [-0.05, 0) is 30.9 Å². The maximum absolute atomic E-state index is 10.0. The molecule has 1 rings (SSSR count). The van der Waals surface area contributed by atoms with Crippen molar-refractivity contribution in [3.63, 3.8) is 0 Å². The second-order valence-corrected chi connectivity index (χ2v) is 5.54. The summed E-state index contributed by atoms with van der Waals surface area (Å²) in [6.45, 7) is 3.42. The van der Waals surface area contributed by atoms with Crippen molar-refractivity contribution in [1.29, 1.82) is 0 Å². The Morgan fingerprint density at radius 2 is 2.11 bits per heavy atom. The normalized spacial score (nSPS) is 13.6. The first-order valence-electron chi connectivity index (χ1n) is 6.14. The molecule has 3 nitrogen and oxygen atoms in total. The van der Waals surface area contributed by atoms with Crippen LogP contribution in [0.1, 0.15) is 12.5 Å². The monoisotopic (exact) mass is 279 g/mol. The number of ether oxygens (including phenoxy) is 1. The van der Waals surface area contributed by atoms with Crippen molar-refractivity contribution in [2.24, 2.45) is 0 Å². The lowest BCUT2D eigenvalue weighted by molar-refractivity contribution is 0.0846. The largest absolute Gasteiger partial charge is 0.481 e. The van der Waals surface area contributed by atoms with Crippen molar-refractivity contribution in [3.05, 3.63) is 29.8 Å². The van der Waals surface area contributed by atoms with E-state index in [-0.39, 0.29) is 6.61 Å². The molecule has 0 aliphatic heterocycles. The molecule has 0 radical (unpaired) electrons. The Hall–Kier alpha value is -1.15. The zero-order valence-corrected chi connectivity index (χ0v) is 12.3. The summed E-state index contributed by atoms with van der Waals surface area (Å²) in [4.78, 5) is 0. The summed E-state index contributed by atoms with van der Waals surface area (Å²) in [5.41, 5.74) is 0.475. The Morgan fingerprint density at radius 1 is 1.42 bits per heavy atom. The average Bonchev–Trinajstić information content (AvgIpc) is 2.37. The van der Waals surface area contributed by atoms with Gasteiger partial charge in [-0.15, -0.1) is 6.42 Å². The second kappa shape index (κ2) is 8.11. The summed E-state index contributed by atoms with van der Waals surface area (Å²) in [7, 11) is 0. The molecule has 1 atom stereocenters. The van der Waals surface area contributed by atoms with Gasteiger partial charge < -0.3 is 15.2 Å². The third kappa shape index (κ3) is 6.53. The number of thioether (sulfide) groups is 1. The summed E-state index contributed by atoms with van der Waals surface area (Å²) in [6, 6.07) is 7.77. The molecule has 1 aromatic carbocycles. The van der Waals surface area contributed by atoms with E-state index in [1.807, 2.05) is 37.4 Å². The first kappa shape index (κ1) is 15.9. The topological polar surface area (TPSA) is 41.5 Å². The molecule has 0 aliphatic carbocycles. The lowest BCUT2D eigenvalue weighted by Gasteiger charge is -2.22. The fraction of sp³-hybridized carbons (Fsp3) is 0.467. The Kier molecular flexibility index (Phi) is 6.79. The molecule has 0 fully saturated rings.